The van der Waals surface area contributed by atoms with E-state index in [1.54, 1.807) is 7.11 Å². The van der Waals surface area contributed by atoms with Gasteiger partial charge in [0.25, 0.3) is 0 Å². The summed E-state index contributed by atoms with van der Waals surface area (Å²) in [5, 5.41) is 4.34. The first-order valence-corrected chi connectivity index (χ1v) is 7.52. The highest BCUT2D eigenvalue weighted by atomic mass is 35.5. The minimum absolute atomic E-state index is 0.486. The van der Waals surface area contributed by atoms with Gasteiger partial charge in [0.15, 0.2) is 0 Å². The van der Waals surface area contributed by atoms with Crippen molar-refractivity contribution in [2.75, 3.05) is 26.8 Å². The van der Waals surface area contributed by atoms with Gasteiger partial charge in [0.1, 0.15) is 0 Å². The Morgan fingerprint density at radius 3 is 2.79 bits per heavy atom. The predicted octanol–water partition coefficient (Wildman–Crippen LogP) is 4.10. The molecule has 0 bridgehead atoms. The van der Waals surface area contributed by atoms with Crippen LogP contribution in [0.3, 0.4) is 0 Å². The molecular weight excluding hydrogens is 258 g/mol. The first-order chi connectivity index (χ1) is 9.19. The van der Waals surface area contributed by atoms with Crippen molar-refractivity contribution in [3.8, 4) is 0 Å². The second-order valence-electron chi connectivity index (χ2n) is 5.12. The molecule has 0 radical (unpaired) electrons. The van der Waals surface area contributed by atoms with E-state index in [-0.39, 0.29) is 0 Å². The third kappa shape index (κ3) is 5.94. The average Bonchev–Trinajstić information content (AvgIpc) is 2.41. The van der Waals surface area contributed by atoms with Gasteiger partial charge in [-0.1, -0.05) is 37.6 Å². The monoisotopic (exact) mass is 283 g/mol. The number of benzene rings is 1. The van der Waals surface area contributed by atoms with Gasteiger partial charge in [-0.3, -0.25) is 0 Å². The van der Waals surface area contributed by atoms with E-state index in [2.05, 4.69) is 31.3 Å². The lowest BCUT2D eigenvalue weighted by Gasteiger charge is -2.25. The summed E-state index contributed by atoms with van der Waals surface area (Å²) in [4.78, 5) is 0. The number of hydrogen-bond donors (Lipinski definition) is 1. The van der Waals surface area contributed by atoms with Crippen molar-refractivity contribution >= 4 is 11.6 Å². The molecule has 0 aromatic heterocycles. The Bertz CT molecular complexity index is 356. The van der Waals surface area contributed by atoms with E-state index in [0.717, 1.165) is 37.6 Å². The zero-order chi connectivity index (χ0) is 14.1. The van der Waals surface area contributed by atoms with E-state index in [1.807, 2.05) is 12.1 Å². The fraction of sp³-hybridized carbons (Fsp3) is 0.625. The van der Waals surface area contributed by atoms with Crippen molar-refractivity contribution in [1.82, 2.24) is 5.32 Å². The molecule has 0 saturated carbocycles. The molecule has 3 heteroatoms. The van der Waals surface area contributed by atoms with Crippen molar-refractivity contribution in [3.05, 3.63) is 34.9 Å². The van der Waals surface area contributed by atoms with E-state index in [4.69, 9.17) is 16.3 Å². The second-order valence-corrected chi connectivity index (χ2v) is 5.56. The summed E-state index contributed by atoms with van der Waals surface area (Å²) < 4.78 is 5.20. The highest BCUT2D eigenvalue weighted by Crippen LogP contribution is 2.28. The Morgan fingerprint density at radius 2 is 2.16 bits per heavy atom. The molecule has 0 heterocycles. The molecule has 2 atom stereocenters. The van der Waals surface area contributed by atoms with E-state index in [9.17, 15) is 0 Å². The first kappa shape index (κ1) is 16.5. The van der Waals surface area contributed by atoms with Gasteiger partial charge >= 0.3 is 0 Å². The third-order valence-corrected chi connectivity index (χ3v) is 3.77. The average molecular weight is 284 g/mol. The molecule has 0 aliphatic carbocycles. The van der Waals surface area contributed by atoms with Crippen LogP contribution in [0.15, 0.2) is 24.3 Å². The standard InChI is InChI=1S/C16H26ClNO/c1-4-9-18-12-16(13(2)8-10-19-3)14-6-5-7-15(17)11-14/h5-7,11,13,16,18H,4,8-10,12H2,1-3H3. The fourth-order valence-electron chi connectivity index (χ4n) is 2.32. The molecule has 1 aromatic rings. The van der Waals surface area contributed by atoms with Crippen LogP contribution >= 0.6 is 11.6 Å². The molecule has 0 aliphatic rings. The second kappa shape index (κ2) is 9.35. The quantitative estimate of drug-likeness (QED) is 0.689. The summed E-state index contributed by atoms with van der Waals surface area (Å²) in [7, 11) is 1.76. The fourth-order valence-corrected chi connectivity index (χ4v) is 2.52. The summed E-state index contributed by atoms with van der Waals surface area (Å²) in [5.74, 6) is 1.06. The predicted molar refractivity (Wildman–Crippen MR) is 83.0 cm³/mol. The van der Waals surface area contributed by atoms with Gasteiger partial charge < -0.3 is 10.1 Å². The summed E-state index contributed by atoms with van der Waals surface area (Å²) in [5.41, 5.74) is 1.32. The Kier molecular flexibility index (Phi) is 8.11. The van der Waals surface area contributed by atoms with Gasteiger partial charge in [0.05, 0.1) is 0 Å². The summed E-state index contributed by atoms with van der Waals surface area (Å²) in [6.07, 6.45) is 2.23. The Hall–Kier alpha value is -0.570. The van der Waals surface area contributed by atoms with Crippen LogP contribution in [0, 0.1) is 5.92 Å². The molecule has 1 rings (SSSR count). The van der Waals surface area contributed by atoms with Crippen LogP contribution in [-0.4, -0.2) is 26.8 Å². The van der Waals surface area contributed by atoms with E-state index in [1.165, 1.54) is 5.56 Å². The molecule has 1 aromatic carbocycles. The molecule has 108 valence electrons. The number of ether oxygens (including phenoxy) is 1. The number of halogens is 1. The number of nitrogens with one attached hydrogen (secondary N) is 1. The Morgan fingerprint density at radius 1 is 1.37 bits per heavy atom. The zero-order valence-electron chi connectivity index (χ0n) is 12.3. The molecular formula is C16H26ClNO. The lowest BCUT2D eigenvalue weighted by molar-refractivity contribution is 0.174. The van der Waals surface area contributed by atoms with Gasteiger partial charge in [0.2, 0.25) is 0 Å². The number of hydrogen-bond acceptors (Lipinski definition) is 2. The van der Waals surface area contributed by atoms with Gasteiger partial charge in [-0.05, 0) is 48.9 Å². The molecule has 0 aliphatic heterocycles. The number of methoxy groups -OCH3 is 1. The zero-order valence-corrected chi connectivity index (χ0v) is 13.0. The largest absolute Gasteiger partial charge is 0.385 e. The SMILES string of the molecule is CCCNCC(c1cccc(Cl)c1)C(C)CCOC. The molecule has 19 heavy (non-hydrogen) atoms. The topological polar surface area (TPSA) is 21.3 Å². The van der Waals surface area contributed by atoms with E-state index < -0.39 is 0 Å². The van der Waals surface area contributed by atoms with Crippen LogP contribution in [0.2, 0.25) is 5.02 Å². The maximum atomic E-state index is 6.11. The summed E-state index contributed by atoms with van der Waals surface area (Å²) in [6.45, 7) is 7.35. The van der Waals surface area contributed by atoms with Gasteiger partial charge in [-0.15, -0.1) is 0 Å². The first-order valence-electron chi connectivity index (χ1n) is 7.14. The number of rotatable bonds is 9. The highest BCUT2D eigenvalue weighted by Gasteiger charge is 2.19. The van der Waals surface area contributed by atoms with Crippen LogP contribution < -0.4 is 5.32 Å². The van der Waals surface area contributed by atoms with Gasteiger partial charge in [0, 0.05) is 25.3 Å². The van der Waals surface area contributed by atoms with Crippen LogP contribution in [0.5, 0.6) is 0 Å². The Labute approximate surface area is 122 Å². The molecule has 0 spiro atoms. The molecule has 2 nitrogen and oxygen atoms in total. The van der Waals surface area contributed by atoms with Crippen molar-refractivity contribution in [1.29, 1.82) is 0 Å². The van der Waals surface area contributed by atoms with Crippen molar-refractivity contribution < 1.29 is 4.74 Å². The van der Waals surface area contributed by atoms with Crippen LogP contribution in [-0.2, 0) is 4.74 Å². The summed E-state index contributed by atoms with van der Waals surface area (Å²) in [6, 6.07) is 8.23. The summed E-state index contributed by atoms with van der Waals surface area (Å²) >= 11 is 6.11. The lowest BCUT2D eigenvalue weighted by Crippen LogP contribution is -2.27. The molecule has 1 N–H and O–H groups in total. The van der Waals surface area contributed by atoms with Crippen LogP contribution in [0.25, 0.3) is 0 Å². The van der Waals surface area contributed by atoms with Crippen molar-refractivity contribution in [2.45, 2.75) is 32.6 Å². The maximum Gasteiger partial charge on any atom is 0.0465 e. The van der Waals surface area contributed by atoms with Crippen LogP contribution in [0.1, 0.15) is 38.2 Å². The molecule has 0 amide bonds. The normalized spacial score (nSPS) is 14.3. The van der Waals surface area contributed by atoms with E-state index >= 15 is 0 Å². The minimum Gasteiger partial charge on any atom is -0.385 e. The van der Waals surface area contributed by atoms with E-state index in [0.29, 0.717) is 11.8 Å². The minimum atomic E-state index is 0.486. The maximum absolute atomic E-state index is 6.11. The Balaban J connectivity index is 2.72. The smallest absolute Gasteiger partial charge is 0.0465 e. The molecule has 0 saturated heterocycles. The van der Waals surface area contributed by atoms with Crippen molar-refractivity contribution in [3.63, 3.8) is 0 Å². The van der Waals surface area contributed by atoms with Gasteiger partial charge in [-0.25, -0.2) is 0 Å². The lowest BCUT2D eigenvalue weighted by atomic mass is 9.85. The van der Waals surface area contributed by atoms with Gasteiger partial charge in [-0.2, -0.15) is 0 Å². The van der Waals surface area contributed by atoms with Crippen LogP contribution in [0.4, 0.5) is 0 Å². The third-order valence-electron chi connectivity index (χ3n) is 3.53. The highest BCUT2D eigenvalue weighted by molar-refractivity contribution is 6.30. The molecule has 0 fully saturated rings. The van der Waals surface area contributed by atoms with Crippen molar-refractivity contribution in [2.24, 2.45) is 5.92 Å². The molecule has 2 unspecified atom stereocenters.